The largest absolute Gasteiger partial charge is 0.551 e. The van der Waals surface area contributed by atoms with Crippen LogP contribution in [-0.2, 0) is 9.84 Å². The number of carbonyl (C=O) groups is 1. The van der Waals surface area contributed by atoms with Gasteiger partial charge in [-0.1, -0.05) is 11.6 Å². The molecule has 0 aliphatic rings. The van der Waals surface area contributed by atoms with Gasteiger partial charge in [0.1, 0.15) is 0 Å². The third kappa shape index (κ3) is 3.56. The van der Waals surface area contributed by atoms with Crippen molar-refractivity contribution in [3.63, 3.8) is 0 Å². The topological polar surface area (TPSA) is 46.2 Å². The van der Waals surface area contributed by atoms with Gasteiger partial charge in [-0.3, -0.25) is 0 Å². The fourth-order valence-electron chi connectivity index (χ4n) is 0.0445. The molecule has 0 heterocycles. The molecule has 35 valence electrons. The van der Waals surface area contributed by atoms with E-state index in [9.17, 15) is 9.90 Å². The molecule has 0 aromatic rings. The molecule has 0 atom stereocenters. The molecule has 0 aliphatic heterocycles. The minimum absolute atomic E-state index is 0.359. The minimum atomic E-state index is -1.59. The second-order valence-corrected chi connectivity index (χ2v) is 0.722. The van der Waals surface area contributed by atoms with Gasteiger partial charge in [0.05, 0.1) is 0 Å². The average Bonchev–Trinajstić information content (AvgIpc) is 1.35. The molecular weight excluding hydrogens is 107 g/mol. The number of hydrogen-bond acceptors (Lipinski definition) is 2. The highest BCUT2D eigenvalue weighted by molar-refractivity contribution is 6.17. The fourth-order valence-corrected chi connectivity index (χ4v) is 0.134. The van der Waals surface area contributed by atoms with Crippen molar-refractivity contribution in [2.24, 2.45) is 0 Å². The zero-order valence-electron chi connectivity index (χ0n) is 2.81. The standard InChI is InChI=1S/C2H2ClO3/c3-1-6-2(4)5/h1H2. The SMILES string of the molecule is [O]C(=O)OCCl. The van der Waals surface area contributed by atoms with Crippen molar-refractivity contribution in [3.05, 3.63) is 0 Å². The molecule has 4 heteroatoms. The lowest BCUT2D eigenvalue weighted by Gasteiger charge is -1.82. The third-order valence-electron chi connectivity index (χ3n) is 0.172. The molecule has 0 aromatic carbocycles. The van der Waals surface area contributed by atoms with Gasteiger partial charge < -0.3 is 4.74 Å². The van der Waals surface area contributed by atoms with Crippen molar-refractivity contribution < 1.29 is 14.6 Å². The zero-order chi connectivity index (χ0) is 4.99. The van der Waals surface area contributed by atoms with E-state index in [0.717, 1.165) is 0 Å². The van der Waals surface area contributed by atoms with Crippen molar-refractivity contribution in [1.29, 1.82) is 0 Å². The molecule has 0 rings (SSSR count). The average molecular weight is 109 g/mol. The Balaban J connectivity index is 2.83. The van der Waals surface area contributed by atoms with Gasteiger partial charge in [0.15, 0.2) is 6.07 Å². The molecule has 1 radical (unpaired) electrons. The maximum absolute atomic E-state index is 9.18. The van der Waals surface area contributed by atoms with Crippen LogP contribution < -0.4 is 0 Å². The summed E-state index contributed by atoms with van der Waals surface area (Å²) in [7, 11) is 0. The van der Waals surface area contributed by atoms with Crippen molar-refractivity contribution in [1.82, 2.24) is 0 Å². The number of halogens is 1. The van der Waals surface area contributed by atoms with Crippen molar-refractivity contribution in [3.8, 4) is 0 Å². The van der Waals surface area contributed by atoms with Crippen molar-refractivity contribution in [2.45, 2.75) is 0 Å². The van der Waals surface area contributed by atoms with Crippen LogP contribution in [0.4, 0.5) is 4.79 Å². The van der Waals surface area contributed by atoms with E-state index in [2.05, 4.69) is 4.74 Å². The second kappa shape index (κ2) is 2.78. The lowest BCUT2D eigenvalue weighted by molar-refractivity contribution is 0.0820. The molecule has 0 aromatic heterocycles. The molecule has 3 nitrogen and oxygen atoms in total. The van der Waals surface area contributed by atoms with E-state index in [4.69, 9.17) is 11.6 Å². The predicted molar refractivity (Wildman–Crippen MR) is 17.9 cm³/mol. The first kappa shape index (κ1) is 5.56. The van der Waals surface area contributed by atoms with Gasteiger partial charge >= 0.3 is 6.16 Å². The van der Waals surface area contributed by atoms with Gasteiger partial charge in [-0.2, -0.15) is 9.90 Å². The van der Waals surface area contributed by atoms with Crippen LogP contribution in [0, 0.1) is 0 Å². The Kier molecular flexibility index (Phi) is 2.58. The van der Waals surface area contributed by atoms with E-state index < -0.39 is 6.16 Å². The van der Waals surface area contributed by atoms with Gasteiger partial charge in [-0.15, -0.1) is 0 Å². The number of ether oxygens (including phenoxy) is 1. The smallest absolute Gasteiger partial charge is 0.415 e. The van der Waals surface area contributed by atoms with Crippen LogP contribution in [0.25, 0.3) is 0 Å². The summed E-state index contributed by atoms with van der Waals surface area (Å²) in [6.45, 7) is 0. The first-order valence-electron chi connectivity index (χ1n) is 1.17. The number of carbonyl (C=O) groups excluding carboxylic acids is 1. The first-order valence-corrected chi connectivity index (χ1v) is 1.70. The number of hydrogen-bond donors (Lipinski definition) is 0. The summed E-state index contributed by atoms with van der Waals surface area (Å²) in [5, 5.41) is 9.18. The summed E-state index contributed by atoms with van der Waals surface area (Å²) in [5.41, 5.74) is 0. The van der Waals surface area contributed by atoms with Crippen LogP contribution in [0.5, 0.6) is 0 Å². The Hall–Kier alpha value is -0.440. The van der Waals surface area contributed by atoms with Crippen LogP contribution in [0.1, 0.15) is 0 Å². The molecule has 0 amide bonds. The number of alkyl halides is 1. The molecule has 0 spiro atoms. The maximum atomic E-state index is 9.18. The molecule has 6 heavy (non-hydrogen) atoms. The Morgan fingerprint density at radius 1 is 1.83 bits per heavy atom. The van der Waals surface area contributed by atoms with Crippen LogP contribution in [0.15, 0.2) is 0 Å². The van der Waals surface area contributed by atoms with Crippen LogP contribution in [0.3, 0.4) is 0 Å². The van der Waals surface area contributed by atoms with E-state index in [0.29, 0.717) is 0 Å². The van der Waals surface area contributed by atoms with E-state index in [1.807, 2.05) is 0 Å². The summed E-state index contributed by atoms with van der Waals surface area (Å²) >= 11 is 4.75. The molecular formula is C2H2ClO3. The highest BCUT2D eigenvalue weighted by Crippen LogP contribution is 1.77. The minimum Gasteiger partial charge on any atom is -0.415 e. The second-order valence-electron chi connectivity index (χ2n) is 0.503. The maximum Gasteiger partial charge on any atom is 0.551 e. The monoisotopic (exact) mass is 109 g/mol. The molecule has 0 bridgehead atoms. The van der Waals surface area contributed by atoms with Crippen LogP contribution in [0.2, 0.25) is 0 Å². The molecule has 0 saturated heterocycles. The Morgan fingerprint density at radius 3 is 2.33 bits per heavy atom. The van der Waals surface area contributed by atoms with Gasteiger partial charge in [-0.05, 0) is 0 Å². The quantitative estimate of drug-likeness (QED) is 0.368. The van der Waals surface area contributed by atoms with Gasteiger partial charge in [-0.25, -0.2) is 0 Å². The number of rotatable bonds is 1. The first-order chi connectivity index (χ1) is 2.77. The molecule has 0 fully saturated rings. The molecule has 0 N–H and O–H groups in total. The Morgan fingerprint density at radius 2 is 2.33 bits per heavy atom. The summed E-state index contributed by atoms with van der Waals surface area (Å²) in [5.74, 6) is 0. The summed E-state index contributed by atoms with van der Waals surface area (Å²) < 4.78 is 3.61. The van der Waals surface area contributed by atoms with E-state index >= 15 is 0 Å². The summed E-state index contributed by atoms with van der Waals surface area (Å²) in [6.07, 6.45) is -1.59. The highest BCUT2D eigenvalue weighted by Gasteiger charge is 1.92. The van der Waals surface area contributed by atoms with Crippen molar-refractivity contribution >= 4 is 17.8 Å². The summed E-state index contributed by atoms with van der Waals surface area (Å²) in [6, 6.07) is -0.359. The van der Waals surface area contributed by atoms with Crippen LogP contribution >= 0.6 is 11.6 Å². The molecule has 0 saturated carbocycles. The Bertz CT molecular complexity index is 52.8. The lowest BCUT2D eigenvalue weighted by atomic mass is 11.4. The van der Waals surface area contributed by atoms with Crippen LogP contribution in [-0.4, -0.2) is 12.2 Å². The highest BCUT2D eigenvalue weighted by atomic mass is 35.5. The normalized spacial score (nSPS) is 7.50. The molecule has 0 aliphatic carbocycles. The summed E-state index contributed by atoms with van der Waals surface area (Å²) in [4.78, 5) is 9.18. The van der Waals surface area contributed by atoms with Gasteiger partial charge in [0.25, 0.3) is 0 Å². The van der Waals surface area contributed by atoms with E-state index in [1.165, 1.54) is 0 Å². The Labute approximate surface area is 39.5 Å². The third-order valence-corrected chi connectivity index (χ3v) is 0.282. The van der Waals surface area contributed by atoms with E-state index in [1.54, 1.807) is 0 Å². The van der Waals surface area contributed by atoms with Gasteiger partial charge in [0.2, 0.25) is 0 Å². The lowest BCUT2D eigenvalue weighted by Crippen LogP contribution is -1.93. The fraction of sp³-hybridized carbons (Fsp3) is 0.500. The predicted octanol–water partition coefficient (Wildman–Crippen LogP) is 0.750. The van der Waals surface area contributed by atoms with Crippen molar-refractivity contribution in [2.75, 3.05) is 6.07 Å². The zero-order valence-corrected chi connectivity index (χ0v) is 3.57. The van der Waals surface area contributed by atoms with Gasteiger partial charge in [0, 0.05) is 0 Å². The molecule has 0 unspecified atom stereocenters. The van der Waals surface area contributed by atoms with E-state index in [-0.39, 0.29) is 6.07 Å².